The van der Waals surface area contributed by atoms with Gasteiger partial charge in [-0.1, -0.05) is 23.2 Å². The minimum absolute atomic E-state index is 0.0644. The summed E-state index contributed by atoms with van der Waals surface area (Å²) in [5.41, 5.74) is 0.456. The average Bonchev–Trinajstić information content (AvgIpc) is 3.15. The number of nitrogens with zero attached hydrogens (tertiary/aromatic N) is 7. The Labute approximate surface area is 200 Å². The van der Waals surface area contributed by atoms with Gasteiger partial charge in [-0.05, 0) is 18.2 Å². The zero-order valence-corrected chi connectivity index (χ0v) is 19.2. The molecule has 4 heterocycles. The first kappa shape index (κ1) is 22.1. The molecule has 3 fully saturated rings. The van der Waals surface area contributed by atoms with Gasteiger partial charge in [0.1, 0.15) is 6.54 Å². The van der Waals surface area contributed by atoms with E-state index < -0.39 is 0 Å². The fourth-order valence-electron chi connectivity index (χ4n) is 3.85. The molecule has 0 bridgehead atoms. The number of amides is 1. The van der Waals surface area contributed by atoms with Crippen LogP contribution in [0.1, 0.15) is 0 Å². The van der Waals surface area contributed by atoms with E-state index in [1.165, 1.54) is 9.80 Å². The van der Waals surface area contributed by atoms with Crippen LogP contribution < -0.4 is 19.6 Å². The summed E-state index contributed by atoms with van der Waals surface area (Å²) in [6.45, 7) is 4.85. The number of carbonyl (C=O) groups is 1. The molecule has 0 spiro atoms. The van der Waals surface area contributed by atoms with Crippen LogP contribution >= 0.6 is 23.2 Å². The Bertz CT molecular complexity index is 1040. The Hall–Kier alpha value is -2.73. The molecule has 1 amide bonds. The molecule has 1 aromatic heterocycles. The highest BCUT2D eigenvalue weighted by atomic mass is 35.5. The maximum absolute atomic E-state index is 12.9. The van der Waals surface area contributed by atoms with Crippen LogP contribution in [0.25, 0.3) is 0 Å². The lowest BCUT2D eigenvalue weighted by Gasteiger charge is -2.31. The smallest absolute Gasteiger partial charge is 0.254 e. The van der Waals surface area contributed by atoms with E-state index in [0.717, 1.165) is 0 Å². The molecule has 33 heavy (non-hydrogen) atoms. The van der Waals surface area contributed by atoms with Crippen molar-refractivity contribution in [2.75, 3.05) is 78.8 Å². The molecular weight excluding hydrogens is 471 g/mol. The van der Waals surface area contributed by atoms with Gasteiger partial charge in [0.25, 0.3) is 5.91 Å². The normalized spacial score (nSPS) is 19.6. The molecule has 13 heteroatoms. The van der Waals surface area contributed by atoms with Gasteiger partial charge in [-0.15, -0.1) is 0 Å². The summed E-state index contributed by atoms with van der Waals surface area (Å²) in [4.78, 5) is 33.6. The van der Waals surface area contributed by atoms with Crippen LogP contribution in [-0.2, 0) is 14.3 Å². The van der Waals surface area contributed by atoms with Crippen LogP contribution in [-0.4, -0.2) is 86.0 Å². The lowest BCUT2D eigenvalue weighted by Crippen LogP contribution is -2.41. The molecular formula is C20H22Cl2N8O3. The van der Waals surface area contributed by atoms with E-state index in [1.54, 1.807) is 18.2 Å². The molecule has 0 saturated carbocycles. The van der Waals surface area contributed by atoms with Crippen molar-refractivity contribution in [3.8, 4) is 0 Å². The number of morpholine rings is 2. The summed E-state index contributed by atoms with van der Waals surface area (Å²) < 4.78 is 10.9. The van der Waals surface area contributed by atoms with Gasteiger partial charge in [-0.3, -0.25) is 15.1 Å². The number of anilines is 4. The summed E-state index contributed by atoms with van der Waals surface area (Å²) in [5, 5.41) is 9.39. The molecule has 5 rings (SSSR count). The van der Waals surface area contributed by atoms with Crippen LogP contribution in [0.5, 0.6) is 0 Å². The third kappa shape index (κ3) is 4.41. The minimum atomic E-state index is -0.292. The highest BCUT2D eigenvalue weighted by Gasteiger charge is 2.37. The summed E-state index contributed by atoms with van der Waals surface area (Å²) in [6, 6.07) is 4.81. The van der Waals surface area contributed by atoms with E-state index >= 15 is 0 Å². The molecule has 11 nitrogen and oxygen atoms in total. The monoisotopic (exact) mass is 492 g/mol. The second kappa shape index (κ2) is 9.26. The third-order valence-corrected chi connectivity index (χ3v) is 6.34. The van der Waals surface area contributed by atoms with Gasteiger partial charge in [-0.25, -0.2) is 4.90 Å². The van der Waals surface area contributed by atoms with E-state index in [-0.39, 0.29) is 24.4 Å². The molecule has 0 radical (unpaired) electrons. The maximum Gasteiger partial charge on any atom is 0.254 e. The topological polar surface area (TPSA) is 111 Å². The first-order valence-electron chi connectivity index (χ1n) is 10.6. The van der Waals surface area contributed by atoms with Gasteiger partial charge < -0.3 is 19.3 Å². The first-order valence-corrected chi connectivity index (χ1v) is 11.3. The van der Waals surface area contributed by atoms with Crippen molar-refractivity contribution in [1.29, 1.82) is 5.41 Å². The average molecular weight is 493 g/mol. The van der Waals surface area contributed by atoms with Crippen LogP contribution in [0.2, 0.25) is 10.0 Å². The Kier molecular flexibility index (Phi) is 6.19. The Morgan fingerprint density at radius 1 is 0.818 bits per heavy atom. The predicted molar refractivity (Wildman–Crippen MR) is 125 cm³/mol. The summed E-state index contributed by atoms with van der Waals surface area (Å²) in [6.07, 6.45) is 0. The predicted octanol–water partition coefficient (Wildman–Crippen LogP) is 1.64. The first-order chi connectivity index (χ1) is 16.0. The number of nitrogens with one attached hydrogen (secondary N) is 1. The minimum Gasteiger partial charge on any atom is -0.378 e. The van der Waals surface area contributed by atoms with Crippen LogP contribution in [0.15, 0.2) is 18.2 Å². The van der Waals surface area contributed by atoms with E-state index in [9.17, 15) is 4.79 Å². The van der Waals surface area contributed by atoms with Crippen molar-refractivity contribution in [2.45, 2.75) is 0 Å². The molecule has 3 aliphatic heterocycles. The number of benzene rings is 1. The number of hydrogen-bond acceptors (Lipinski definition) is 9. The Morgan fingerprint density at radius 2 is 1.36 bits per heavy atom. The van der Waals surface area contributed by atoms with Crippen molar-refractivity contribution < 1.29 is 14.3 Å². The number of aromatic nitrogens is 3. The van der Waals surface area contributed by atoms with Crippen molar-refractivity contribution in [2.24, 2.45) is 0 Å². The largest absolute Gasteiger partial charge is 0.378 e. The highest BCUT2D eigenvalue weighted by Crippen LogP contribution is 2.31. The molecule has 1 N–H and O–H groups in total. The zero-order valence-electron chi connectivity index (χ0n) is 17.7. The van der Waals surface area contributed by atoms with E-state index in [1.807, 2.05) is 9.80 Å². The van der Waals surface area contributed by atoms with Crippen LogP contribution in [0.3, 0.4) is 0 Å². The maximum atomic E-state index is 12.9. The van der Waals surface area contributed by atoms with Crippen molar-refractivity contribution in [3.63, 3.8) is 0 Å². The third-order valence-electron chi connectivity index (χ3n) is 5.60. The number of hydrogen-bond donors (Lipinski definition) is 1. The van der Waals surface area contributed by atoms with Gasteiger partial charge in [0.15, 0.2) is 0 Å². The molecule has 0 unspecified atom stereocenters. The number of ether oxygens (including phenoxy) is 2. The number of rotatable bonds is 4. The van der Waals surface area contributed by atoms with E-state index in [2.05, 4.69) is 15.0 Å². The molecule has 3 aliphatic rings. The van der Waals surface area contributed by atoms with Gasteiger partial charge in [0, 0.05) is 26.2 Å². The summed E-state index contributed by atoms with van der Waals surface area (Å²) >= 11 is 12.1. The lowest BCUT2D eigenvalue weighted by molar-refractivity contribution is -0.115. The second-order valence-corrected chi connectivity index (χ2v) is 8.49. The molecule has 2 aromatic rings. The molecule has 0 aliphatic carbocycles. The number of carbonyl (C=O) groups excluding carboxylic acids is 1. The SMILES string of the molecule is N=C1N(c2nc(N3CCOCC3)nc(N3CCOCC3)n2)CC(=O)N1c1ccc(Cl)c(Cl)c1. The molecule has 0 atom stereocenters. The van der Waals surface area contributed by atoms with Crippen molar-refractivity contribution >= 4 is 58.6 Å². The fourth-order valence-corrected chi connectivity index (χ4v) is 4.14. The number of halogens is 2. The quantitative estimate of drug-likeness (QED) is 0.680. The van der Waals surface area contributed by atoms with E-state index in [4.69, 9.17) is 38.1 Å². The zero-order chi connectivity index (χ0) is 22.9. The second-order valence-electron chi connectivity index (χ2n) is 7.67. The summed E-state index contributed by atoms with van der Waals surface area (Å²) in [5.74, 6) is 0.884. The van der Waals surface area contributed by atoms with Crippen LogP contribution in [0.4, 0.5) is 23.5 Å². The van der Waals surface area contributed by atoms with E-state index in [0.29, 0.717) is 80.2 Å². The molecule has 1 aromatic carbocycles. The van der Waals surface area contributed by atoms with Gasteiger partial charge >= 0.3 is 0 Å². The van der Waals surface area contributed by atoms with Crippen LogP contribution in [0, 0.1) is 5.41 Å². The van der Waals surface area contributed by atoms with Crippen molar-refractivity contribution in [1.82, 2.24) is 15.0 Å². The van der Waals surface area contributed by atoms with Gasteiger partial charge in [-0.2, -0.15) is 15.0 Å². The fraction of sp³-hybridized carbons (Fsp3) is 0.450. The summed E-state index contributed by atoms with van der Waals surface area (Å²) in [7, 11) is 0. The van der Waals surface area contributed by atoms with Crippen molar-refractivity contribution in [3.05, 3.63) is 28.2 Å². The standard InChI is InChI=1S/C20H22Cl2N8O3/c21-14-2-1-13(11-15(14)22)30-16(31)12-29(17(30)23)20-25-18(27-3-7-32-8-4-27)24-19(26-20)28-5-9-33-10-6-28/h1-2,11,23H,3-10,12H2. The Morgan fingerprint density at radius 3 is 1.91 bits per heavy atom. The Balaban J connectivity index is 1.49. The number of guanidine groups is 1. The highest BCUT2D eigenvalue weighted by molar-refractivity contribution is 6.42. The lowest BCUT2D eigenvalue weighted by atomic mass is 10.3. The molecule has 3 saturated heterocycles. The molecule has 174 valence electrons. The van der Waals surface area contributed by atoms with Gasteiger partial charge in [0.2, 0.25) is 23.8 Å². The van der Waals surface area contributed by atoms with Gasteiger partial charge in [0.05, 0.1) is 42.2 Å².